The van der Waals surface area contributed by atoms with E-state index < -0.39 is 14.9 Å². The van der Waals surface area contributed by atoms with E-state index in [0.717, 1.165) is 18.8 Å². The molecule has 1 heterocycles. The van der Waals surface area contributed by atoms with Crippen LogP contribution in [0.4, 0.5) is 0 Å². The van der Waals surface area contributed by atoms with Gasteiger partial charge in [0.25, 0.3) is 0 Å². The van der Waals surface area contributed by atoms with Crippen molar-refractivity contribution >= 4 is 8.80 Å². The van der Waals surface area contributed by atoms with Gasteiger partial charge in [0.2, 0.25) is 0 Å². The van der Waals surface area contributed by atoms with Crippen LogP contribution in [0.15, 0.2) is 48.5 Å². The molecule has 1 fully saturated rings. The first-order valence-electron chi connectivity index (χ1n) is 14.1. The highest BCUT2D eigenvalue weighted by Gasteiger charge is 2.39. The SMILES string of the molecule is CCO[Si](CCCOCC(O)COc1ccc(C(C)(C)c2ccc(OCC3CO3)cc2)cc1)(OCC)OCC. The Morgan fingerprint density at radius 3 is 1.85 bits per heavy atom. The third kappa shape index (κ3) is 10.2. The van der Waals surface area contributed by atoms with Crippen LogP contribution in [-0.4, -0.2) is 79.0 Å². The zero-order chi connectivity index (χ0) is 28.1. The summed E-state index contributed by atoms with van der Waals surface area (Å²) in [5.74, 6) is 1.56. The van der Waals surface area contributed by atoms with Crippen molar-refractivity contribution in [2.24, 2.45) is 0 Å². The van der Waals surface area contributed by atoms with E-state index in [9.17, 15) is 5.11 Å². The second kappa shape index (κ2) is 15.7. The second-order valence-electron chi connectivity index (χ2n) is 10.1. The molecule has 0 spiro atoms. The van der Waals surface area contributed by atoms with E-state index in [0.29, 0.717) is 44.8 Å². The lowest BCUT2D eigenvalue weighted by Crippen LogP contribution is -2.46. The third-order valence-electron chi connectivity index (χ3n) is 6.61. The quantitative estimate of drug-likeness (QED) is 0.137. The number of epoxide rings is 1. The van der Waals surface area contributed by atoms with Crippen molar-refractivity contribution in [3.63, 3.8) is 0 Å². The molecule has 8 nitrogen and oxygen atoms in total. The molecule has 1 aliphatic heterocycles. The number of ether oxygens (including phenoxy) is 4. The molecule has 0 bridgehead atoms. The van der Waals surface area contributed by atoms with Gasteiger partial charge in [-0.2, -0.15) is 0 Å². The summed E-state index contributed by atoms with van der Waals surface area (Å²) in [5, 5.41) is 10.3. The molecule has 1 aliphatic rings. The Bertz CT molecular complexity index is 929. The summed E-state index contributed by atoms with van der Waals surface area (Å²) in [4.78, 5) is 0. The van der Waals surface area contributed by atoms with Gasteiger partial charge < -0.3 is 37.3 Å². The van der Waals surface area contributed by atoms with Crippen molar-refractivity contribution in [2.45, 2.75) is 64.7 Å². The van der Waals surface area contributed by atoms with Crippen molar-refractivity contribution in [2.75, 3.05) is 52.9 Å². The third-order valence-corrected chi connectivity index (χ3v) is 9.76. The lowest BCUT2D eigenvalue weighted by Gasteiger charge is -2.28. The Hall–Kier alpha value is -1.98. The van der Waals surface area contributed by atoms with Crippen LogP contribution in [0.25, 0.3) is 0 Å². The molecule has 2 aromatic carbocycles. The lowest BCUT2D eigenvalue weighted by molar-refractivity contribution is 0.0102. The average molecular weight is 563 g/mol. The Morgan fingerprint density at radius 2 is 1.36 bits per heavy atom. The first-order chi connectivity index (χ1) is 18.8. The molecule has 39 heavy (non-hydrogen) atoms. The molecule has 0 saturated carbocycles. The van der Waals surface area contributed by atoms with Gasteiger partial charge in [-0.15, -0.1) is 0 Å². The van der Waals surface area contributed by atoms with Crippen LogP contribution >= 0.6 is 0 Å². The van der Waals surface area contributed by atoms with Gasteiger partial charge in [-0.25, -0.2) is 0 Å². The van der Waals surface area contributed by atoms with Gasteiger partial charge in [-0.1, -0.05) is 38.1 Å². The Morgan fingerprint density at radius 1 is 0.846 bits per heavy atom. The fraction of sp³-hybridized carbons (Fsp3) is 0.600. The molecule has 0 aromatic heterocycles. The van der Waals surface area contributed by atoms with Gasteiger partial charge in [0.15, 0.2) is 0 Å². The normalized spacial score (nSPS) is 16.2. The van der Waals surface area contributed by atoms with Gasteiger partial charge in [0.05, 0.1) is 13.2 Å². The maximum Gasteiger partial charge on any atom is 0.501 e. The van der Waals surface area contributed by atoms with E-state index in [-0.39, 0.29) is 24.7 Å². The van der Waals surface area contributed by atoms with Gasteiger partial charge in [-0.05, 0) is 62.6 Å². The monoisotopic (exact) mass is 562 g/mol. The summed E-state index contributed by atoms with van der Waals surface area (Å²) in [6.45, 7) is 14.1. The van der Waals surface area contributed by atoms with Gasteiger partial charge in [-0.3, -0.25) is 0 Å². The summed E-state index contributed by atoms with van der Waals surface area (Å²) in [6.07, 6.45) is 0.263. The molecule has 2 aromatic rings. The zero-order valence-corrected chi connectivity index (χ0v) is 25.1. The average Bonchev–Trinajstić information content (AvgIpc) is 3.76. The first-order valence-corrected chi connectivity index (χ1v) is 16.0. The van der Waals surface area contributed by atoms with E-state index in [1.165, 1.54) is 11.1 Å². The molecular formula is C30H46O8Si. The number of aliphatic hydroxyl groups excluding tert-OH is 1. The summed E-state index contributed by atoms with van der Waals surface area (Å²) >= 11 is 0. The van der Waals surface area contributed by atoms with Crippen LogP contribution in [0.3, 0.4) is 0 Å². The molecule has 0 radical (unpaired) electrons. The van der Waals surface area contributed by atoms with Crippen LogP contribution in [-0.2, 0) is 28.2 Å². The van der Waals surface area contributed by atoms with Crippen LogP contribution in [0.2, 0.25) is 6.04 Å². The molecule has 0 aliphatic carbocycles. The standard InChI is InChI=1S/C30H46O8Si/c1-6-36-39(37-7-2,38-8-3)19-9-18-32-20-26(31)21-33-27-14-10-24(11-15-27)30(4,5)25-12-16-28(17-13-25)34-22-29-23-35-29/h10-17,26,29,31H,6-9,18-23H2,1-5H3. The van der Waals surface area contributed by atoms with Gasteiger partial charge in [0, 0.05) is 37.9 Å². The molecule has 3 rings (SSSR count). The predicted molar refractivity (Wildman–Crippen MR) is 153 cm³/mol. The summed E-state index contributed by atoms with van der Waals surface area (Å²) in [5.41, 5.74) is 2.18. The molecule has 1 N–H and O–H groups in total. The lowest BCUT2D eigenvalue weighted by atomic mass is 9.78. The van der Waals surface area contributed by atoms with Crippen LogP contribution in [0.1, 0.15) is 52.2 Å². The molecule has 9 heteroatoms. The van der Waals surface area contributed by atoms with Crippen LogP contribution in [0, 0.1) is 0 Å². The van der Waals surface area contributed by atoms with E-state index in [4.69, 9.17) is 32.2 Å². The highest BCUT2D eigenvalue weighted by atomic mass is 28.4. The van der Waals surface area contributed by atoms with E-state index >= 15 is 0 Å². The smallest absolute Gasteiger partial charge is 0.491 e. The highest BCUT2D eigenvalue weighted by Crippen LogP contribution is 2.33. The Balaban J connectivity index is 1.39. The van der Waals surface area contributed by atoms with Crippen molar-refractivity contribution in [1.29, 1.82) is 0 Å². The maximum atomic E-state index is 10.3. The summed E-state index contributed by atoms with van der Waals surface area (Å²) in [6, 6.07) is 16.9. The molecule has 1 saturated heterocycles. The van der Waals surface area contributed by atoms with Crippen molar-refractivity contribution in [1.82, 2.24) is 0 Å². The zero-order valence-electron chi connectivity index (χ0n) is 24.1. The van der Waals surface area contributed by atoms with E-state index in [2.05, 4.69) is 38.1 Å². The minimum Gasteiger partial charge on any atom is -0.491 e. The predicted octanol–water partition coefficient (Wildman–Crippen LogP) is 4.98. The first kappa shape index (κ1) is 31.5. The minimum absolute atomic E-state index is 0.158. The topological polar surface area (TPSA) is 88.1 Å². The molecule has 0 amide bonds. The number of aliphatic hydroxyl groups is 1. The van der Waals surface area contributed by atoms with E-state index in [1.807, 2.05) is 45.0 Å². The van der Waals surface area contributed by atoms with E-state index in [1.54, 1.807) is 0 Å². The van der Waals surface area contributed by atoms with Crippen LogP contribution in [0.5, 0.6) is 11.5 Å². The second-order valence-corrected chi connectivity index (χ2v) is 12.8. The largest absolute Gasteiger partial charge is 0.501 e. The van der Waals surface area contributed by atoms with Crippen molar-refractivity contribution in [3.05, 3.63) is 59.7 Å². The number of hydrogen-bond acceptors (Lipinski definition) is 8. The summed E-state index contributed by atoms with van der Waals surface area (Å²) < 4.78 is 40.0. The van der Waals surface area contributed by atoms with Crippen LogP contribution < -0.4 is 9.47 Å². The Kier molecular flexibility index (Phi) is 12.7. The van der Waals surface area contributed by atoms with Crippen molar-refractivity contribution < 1.29 is 37.3 Å². The molecule has 2 atom stereocenters. The molecular weight excluding hydrogens is 516 g/mol. The molecule has 2 unspecified atom stereocenters. The Labute approximate surface area is 234 Å². The van der Waals surface area contributed by atoms with Crippen molar-refractivity contribution in [3.8, 4) is 11.5 Å². The number of rotatable bonds is 20. The molecule has 218 valence electrons. The fourth-order valence-electron chi connectivity index (χ4n) is 4.31. The number of benzene rings is 2. The fourth-order valence-corrected chi connectivity index (χ4v) is 6.89. The number of hydrogen-bond donors (Lipinski definition) is 1. The van der Waals surface area contributed by atoms with Gasteiger partial charge >= 0.3 is 8.80 Å². The maximum absolute atomic E-state index is 10.3. The highest BCUT2D eigenvalue weighted by molar-refractivity contribution is 6.60. The minimum atomic E-state index is -2.66. The summed E-state index contributed by atoms with van der Waals surface area (Å²) in [7, 11) is -2.66. The van der Waals surface area contributed by atoms with Gasteiger partial charge in [0.1, 0.15) is 36.9 Å².